The van der Waals surface area contributed by atoms with E-state index in [1.807, 2.05) is 19.1 Å². The summed E-state index contributed by atoms with van der Waals surface area (Å²) in [6.07, 6.45) is 0. The van der Waals surface area contributed by atoms with Crippen molar-refractivity contribution in [2.75, 3.05) is 5.75 Å². The summed E-state index contributed by atoms with van der Waals surface area (Å²) in [6, 6.07) is 5.49. The van der Waals surface area contributed by atoms with Crippen molar-refractivity contribution in [2.45, 2.75) is 11.8 Å². The first-order chi connectivity index (χ1) is 7.63. The molecule has 0 saturated heterocycles. The molecule has 0 spiro atoms. The Morgan fingerprint density at radius 3 is 2.94 bits per heavy atom. The molecule has 0 amide bonds. The minimum atomic E-state index is -0.867. The molecular formula is C11H9ClO2S2. The average Bonchev–Trinajstić information content (AvgIpc) is 2.57. The van der Waals surface area contributed by atoms with Gasteiger partial charge in [-0.1, -0.05) is 24.6 Å². The second kappa shape index (κ2) is 4.65. The van der Waals surface area contributed by atoms with Gasteiger partial charge in [0, 0.05) is 20.0 Å². The Morgan fingerprint density at radius 1 is 1.56 bits per heavy atom. The molecule has 2 rings (SSSR count). The summed E-state index contributed by atoms with van der Waals surface area (Å²) in [5, 5.41) is 10.7. The van der Waals surface area contributed by atoms with Crippen molar-refractivity contribution in [2.24, 2.45) is 0 Å². The zero-order chi connectivity index (χ0) is 11.7. The third kappa shape index (κ3) is 2.05. The number of rotatable bonds is 3. The summed E-state index contributed by atoms with van der Waals surface area (Å²) in [6.45, 7) is 2.01. The van der Waals surface area contributed by atoms with E-state index in [-0.39, 0.29) is 0 Å². The molecule has 0 atom stereocenters. The van der Waals surface area contributed by atoms with Gasteiger partial charge in [-0.05, 0) is 17.9 Å². The molecule has 0 bridgehead atoms. The molecule has 0 unspecified atom stereocenters. The highest BCUT2D eigenvalue weighted by molar-refractivity contribution is 7.99. The largest absolute Gasteiger partial charge is 0.477 e. The maximum atomic E-state index is 11.1. The van der Waals surface area contributed by atoms with E-state index in [1.165, 1.54) is 11.3 Å². The second-order valence-corrected chi connectivity index (χ2v) is 5.90. The number of aromatic carboxylic acids is 1. The van der Waals surface area contributed by atoms with Gasteiger partial charge in [0.15, 0.2) is 0 Å². The molecule has 1 heterocycles. The predicted octanol–water partition coefficient (Wildman–Crippen LogP) is 4.36. The monoisotopic (exact) mass is 272 g/mol. The Kier molecular flexibility index (Phi) is 3.42. The van der Waals surface area contributed by atoms with E-state index in [0.29, 0.717) is 9.90 Å². The number of carboxylic acids is 1. The molecule has 84 valence electrons. The summed E-state index contributed by atoms with van der Waals surface area (Å²) in [5.74, 6) is -0.0114. The Hall–Kier alpha value is -0.710. The smallest absolute Gasteiger partial charge is 0.347 e. The highest BCUT2D eigenvalue weighted by atomic mass is 35.5. The van der Waals surface area contributed by atoms with Crippen molar-refractivity contribution in [3.8, 4) is 0 Å². The number of thiophene rings is 1. The Morgan fingerprint density at radius 2 is 2.31 bits per heavy atom. The van der Waals surface area contributed by atoms with E-state index >= 15 is 0 Å². The minimum absolute atomic E-state index is 0.407. The lowest BCUT2D eigenvalue weighted by atomic mass is 10.2. The van der Waals surface area contributed by atoms with Crippen LogP contribution in [0.25, 0.3) is 10.1 Å². The molecule has 1 aromatic carbocycles. The SMILES string of the molecule is CCSc1c(C(=O)O)sc2cc(Cl)ccc12. The number of carbonyl (C=O) groups is 1. The lowest BCUT2D eigenvalue weighted by Gasteiger charge is -1.98. The van der Waals surface area contributed by atoms with Crippen LogP contribution in [0.15, 0.2) is 23.1 Å². The van der Waals surface area contributed by atoms with Crippen LogP contribution < -0.4 is 0 Å². The van der Waals surface area contributed by atoms with Crippen LogP contribution in [0, 0.1) is 0 Å². The van der Waals surface area contributed by atoms with Gasteiger partial charge in [-0.3, -0.25) is 0 Å². The van der Waals surface area contributed by atoms with Crippen LogP contribution in [-0.2, 0) is 0 Å². The lowest BCUT2D eigenvalue weighted by Crippen LogP contribution is -1.93. The minimum Gasteiger partial charge on any atom is -0.477 e. The van der Waals surface area contributed by atoms with Gasteiger partial charge < -0.3 is 5.11 Å². The maximum absolute atomic E-state index is 11.1. The average molecular weight is 273 g/mol. The van der Waals surface area contributed by atoms with Crippen LogP contribution in [-0.4, -0.2) is 16.8 Å². The van der Waals surface area contributed by atoms with E-state index in [0.717, 1.165) is 20.7 Å². The standard InChI is InChI=1S/C11H9ClO2S2/c1-2-15-9-7-4-3-6(12)5-8(7)16-10(9)11(13)14/h3-5H,2H2,1H3,(H,13,14). The molecule has 1 aromatic heterocycles. The van der Waals surface area contributed by atoms with E-state index in [4.69, 9.17) is 16.7 Å². The first-order valence-electron chi connectivity index (χ1n) is 4.71. The van der Waals surface area contributed by atoms with Crippen LogP contribution in [0.4, 0.5) is 0 Å². The quantitative estimate of drug-likeness (QED) is 0.844. The fourth-order valence-corrected chi connectivity index (χ4v) is 3.89. The van der Waals surface area contributed by atoms with E-state index < -0.39 is 5.97 Å². The Balaban J connectivity index is 2.70. The number of halogens is 1. The number of hydrogen-bond acceptors (Lipinski definition) is 3. The summed E-state index contributed by atoms with van der Waals surface area (Å²) in [7, 11) is 0. The van der Waals surface area contributed by atoms with Crippen molar-refractivity contribution in [3.05, 3.63) is 28.1 Å². The zero-order valence-electron chi connectivity index (χ0n) is 8.49. The third-order valence-corrected chi connectivity index (χ3v) is 4.60. The van der Waals surface area contributed by atoms with Gasteiger partial charge in [-0.15, -0.1) is 23.1 Å². The number of carboxylic acid groups (broad SMARTS) is 1. The van der Waals surface area contributed by atoms with Crippen LogP contribution in [0.5, 0.6) is 0 Å². The molecule has 0 radical (unpaired) electrons. The summed E-state index contributed by atoms with van der Waals surface area (Å²) in [5.41, 5.74) is 0. The maximum Gasteiger partial charge on any atom is 0.347 e. The summed E-state index contributed by atoms with van der Waals surface area (Å²) < 4.78 is 0.931. The second-order valence-electron chi connectivity index (χ2n) is 3.14. The molecule has 0 saturated carbocycles. The third-order valence-electron chi connectivity index (χ3n) is 2.09. The molecule has 16 heavy (non-hydrogen) atoms. The number of fused-ring (bicyclic) bond motifs is 1. The molecular weight excluding hydrogens is 264 g/mol. The van der Waals surface area contributed by atoms with Crippen LogP contribution in [0.3, 0.4) is 0 Å². The van der Waals surface area contributed by atoms with E-state index in [2.05, 4.69) is 0 Å². The van der Waals surface area contributed by atoms with Gasteiger partial charge in [-0.25, -0.2) is 4.79 Å². The van der Waals surface area contributed by atoms with E-state index in [9.17, 15) is 4.79 Å². The molecule has 5 heteroatoms. The van der Waals surface area contributed by atoms with Gasteiger partial charge >= 0.3 is 5.97 Å². The van der Waals surface area contributed by atoms with Crippen LogP contribution >= 0.6 is 34.7 Å². The molecule has 0 aliphatic rings. The Bertz CT molecular complexity index is 548. The van der Waals surface area contributed by atoms with Gasteiger partial charge in [-0.2, -0.15) is 0 Å². The van der Waals surface area contributed by atoms with Crippen molar-refractivity contribution in [1.29, 1.82) is 0 Å². The first kappa shape index (κ1) is 11.8. The zero-order valence-corrected chi connectivity index (χ0v) is 10.9. The summed E-state index contributed by atoms with van der Waals surface area (Å²) in [4.78, 5) is 12.4. The fourth-order valence-electron chi connectivity index (χ4n) is 1.48. The molecule has 0 fully saturated rings. The summed E-state index contributed by atoms with van der Waals surface area (Å²) >= 11 is 8.73. The van der Waals surface area contributed by atoms with Crippen LogP contribution in [0.1, 0.15) is 16.6 Å². The van der Waals surface area contributed by atoms with Crippen molar-refractivity contribution < 1.29 is 9.90 Å². The van der Waals surface area contributed by atoms with Crippen molar-refractivity contribution in [3.63, 3.8) is 0 Å². The van der Waals surface area contributed by atoms with Crippen molar-refractivity contribution >= 4 is 50.8 Å². The molecule has 0 aliphatic carbocycles. The predicted molar refractivity (Wildman–Crippen MR) is 70.2 cm³/mol. The molecule has 1 N–H and O–H groups in total. The highest BCUT2D eigenvalue weighted by Crippen LogP contribution is 2.39. The Labute approximate surface area is 106 Å². The molecule has 2 aromatic rings. The normalized spacial score (nSPS) is 10.9. The van der Waals surface area contributed by atoms with Gasteiger partial charge in [0.05, 0.1) is 0 Å². The highest BCUT2D eigenvalue weighted by Gasteiger charge is 2.17. The number of benzene rings is 1. The molecule has 0 aliphatic heterocycles. The molecule has 2 nitrogen and oxygen atoms in total. The fraction of sp³-hybridized carbons (Fsp3) is 0.182. The first-order valence-corrected chi connectivity index (χ1v) is 6.89. The van der Waals surface area contributed by atoms with Gasteiger partial charge in [0.1, 0.15) is 4.88 Å². The van der Waals surface area contributed by atoms with Crippen molar-refractivity contribution in [1.82, 2.24) is 0 Å². The topological polar surface area (TPSA) is 37.3 Å². The van der Waals surface area contributed by atoms with Crippen LogP contribution in [0.2, 0.25) is 5.02 Å². The van der Waals surface area contributed by atoms with Gasteiger partial charge in [0.25, 0.3) is 0 Å². The number of hydrogen-bond donors (Lipinski definition) is 1. The van der Waals surface area contributed by atoms with Gasteiger partial charge in [0.2, 0.25) is 0 Å². The van der Waals surface area contributed by atoms with E-state index in [1.54, 1.807) is 17.8 Å². The lowest BCUT2D eigenvalue weighted by molar-refractivity contribution is 0.0699. The number of thioether (sulfide) groups is 1.